The van der Waals surface area contributed by atoms with Gasteiger partial charge in [0.1, 0.15) is 5.82 Å². The lowest BCUT2D eigenvalue weighted by Crippen LogP contribution is -2.29. The smallest absolute Gasteiger partial charge is 0.123 e. The van der Waals surface area contributed by atoms with Gasteiger partial charge in [0, 0.05) is 0 Å². The Morgan fingerprint density at radius 1 is 1.00 bits per heavy atom. The van der Waals surface area contributed by atoms with Crippen LogP contribution in [0.4, 0.5) is 4.39 Å². The highest BCUT2D eigenvalue weighted by molar-refractivity contribution is 5.42. The molecule has 100 valence electrons. The van der Waals surface area contributed by atoms with E-state index in [1.54, 1.807) is 6.07 Å². The summed E-state index contributed by atoms with van der Waals surface area (Å²) in [5.41, 5.74) is 8.29. The van der Waals surface area contributed by atoms with Gasteiger partial charge >= 0.3 is 0 Å². The molecular weight excluding hydrogens is 239 g/mol. The zero-order chi connectivity index (χ0) is 14.0. The summed E-state index contributed by atoms with van der Waals surface area (Å²) >= 11 is 0. The van der Waals surface area contributed by atoms with Crippen molar-refractivity contribution in [3.8, 4) is 0 Å². The highest BCUT2D eigenvalue weighted by atomic mass is 19.1. The number of nitrogens with one attached hydrogen (secondary N) is 1. The van der Waals surface area contributed by atoms with E-state index in [0.29, 0.717) is 0 Å². The molecule has 0 radical (unpaired) electrons. The lowest BCUT2D eigenvalue weighted by atomic mass is 9.92. The molecule has 19 heavy (non-hydrogen) atoms. The van der Waals surface area contributed by atoms with Gasteiger partial charge in [0.2, 0.25) is 0 Å². The normalized spacial score (nSPS) is 12.5. The van der Waals surface area contributed by atoms with Gasteiger partial charge in [-0.25, -0.2) is 9.82 Å². The van der Waals surface area contributed by atoms with E-state index in [4.69, 9.17) is 5.84 Å². The summed E-state index contributed by atoms with van der Waals surface area (Å²) in [6.45, 7) is 6.20. The molecule has 0 aromatic heterocycles. The Labute approximate surface area is 113 Å². The number of nitrogens with two attached hydrogens (primary N) is 1. The highest BCUT2D eigenvalue weighted by Crippen LogP contribution is 2.27. The topological polar surface area (TPSA) is 38.0 Å². The predicted molar refractivity (Wildman–Crippen MR) is 76.2 cm³/mol. The maximum Gasteiger partial charge on any atom is 0.123 e. The first kappa shape index (κ1) is 13.7. The Kier molecular flexibility index (Phi) is 3.98. The Morgan fingerprint density at radius 2 is 1.68 bits per heavy atom. The second kappa shape index (κ2) is 5.51. The molecule has 3 N–H and O–H groups in total. The van der Waals surface area contributed by atoms with Crippen molar-refractivity contribution >= 4 is 0 Å². The monoisotopic (exact) mass is 258 g/mol. The molecule has 2 aromatic rings. The average molecular weight is 258 g/mol. The average Bonchev–Trinajstić information content (AvgIpc) is 2.36. The van der Waals surface area contributed by atoms with E-state index in [9.17, 15) is 4.39 Å². The Bertz CT molecular complexity index is 593. The summed E-state index contributed by atoms with van der Waals surface area (Å²) in [4.78, 5) is 0. The molecule has 0 aliphatic rings. The highest BCUT2D eigenvalue weighted by Gasteiger charge is 2.16. The fourth-order valence-electron chi connectivity index (χ4n) is 2.35. The van der Waals surface area contributed by atoms with Crippen LogP contribution in [-0.4, -0.2) is 0 Å². The van der Waals surface area contributed by atoms with Gasteiger partial charge in [-0.05, 0) is 60.7 Å². The van der Waals surface area contributed by atoms with Crippen molar-refractivity contribution in [1.82, 2.24) is 5.43 Å². The first-order valence-corrected chi connectivity index (χ1v) is 6.32. The van der Waals surface area contributed by atoms with Crippen LogP contribution in [0.1, 0.15) is 33.9 Å². The van der Waals surface area contributed by atoms with Gasteiger partial charge in [-0.3, -0.25) is 5.84 Å². The van der Waals surface area contributed by atoms with E-state index >= 15 is 0 Å². The number of hydrogen-bond donors (Lipinski definition) is 2. The van der Waals surface area contributed by atoms with Crippen molar-refractivity contribution in [1.29, 1.82) is 0 Å². The molecule has 1 atom stereocenters. The zero-order valence-electron chi connectivity index (χ0n) is 11.5. The second-order valence-electron chi connectivity index (χ2n) is 4.95. The third-order valence-corrected chi connectivity index (χ3v) is 3.54. The summed E-state index contributed by atoms with van der Waals surface area (Å²) in [5.74, 6) is 5.42. The molecule has 0 bridgehead atoms. The van der Waals surface area contributed by atoms with Crippen molar-refractivity contribution in [2.75, 3.05) is 0 Å². The molecule has 2 aromatic carbocycles. The van der Waals surface area contributed by atoms with E-state index in [0.717, 1.165) is 16.7 Å². The molecule has 0 fully saturated rings. The Balaban J connectivity index is 2.51. The Hall–Kier alpha value is -1.71. The largest absolute Gasteiger partial charge is 0.271 e. The summed E-state index contributed by atoms with van der Waals surface area (Å²) in [7, 11) is 0. The van der Waals surface area contributed by atoms with Crippen LogP contribution >= 0.6 is 0 Å². The fraction of sp³-hybridized carbons (Fsp3) is 0.250. The van der Waals surface area contributed by atoms with Gasteiger partial charge in [0.15, 0.2) is 0 Å². The maximum absolute atomic E-state index is 13.4. The van der Waals surface area contributed by atoms with Gasteiger partial charge in [-0.1, -0.05) is 24.3 Å². The fourth-order valence-corrected chi connectivity index (χ4v) is 2.35. The SMILES string of the molecule is Cc1cc(C)c(C(NN)c2cccc(F)c2)cc1C. The minimum atomic E-state index is -0.251. The van der Waals surface area contributed by atoms with Gasteiger partial charge in [0.05, 0.1) is 6.04 Å². The lowest BCUT2D eigenvalue weighted by Gasteiger charge is -2.20. The first-order valence-electron chi connectivity index (χ1n) is 6.32. The van der Waals surface area contributed by atoms with Gasteiger partial charge in [-0.15, -0.1) is 0 Å². The third kappa shape index (κ3) is 2.83. The zero-order valence-corrected chi connectivity index (χ0v) is 11.5. The van der Waals surface area contributed by atoms with Gasteiger partial charge in [0.25, 0.3) is 0 Å². The summed E-state index contributed by atoms with van der Waals surface area (Å²) < 4.78 is 13.4. The van der Waals surface area contributed by atoms with Crippen molar-refractivity contribution in [3.05, 3.63) is 70.0 Å². The van der Waals surface area contributed by atoms with E-state index in [2.05, 4.69) is 31.4 Å². The third-order valence-electron chi connectivity index (χ3n) is 3.54. The second-order valence-corrected chi connectivity index (χ2v) is 4.95. The molecular formula is C16H19FN2. The lowest BCUT2D eigenvalue weighted by molar-refractivity contribution is 0.604. The van der Waals surface area contributed by atoms with Crippen LogP contribution in [0.15, 0.2) is 36.4 Å². The molecule has 2 nitrogen and oxygen atoms in total. The summed E-state index contributed by atoms with van der Waals surface area (Å²) in [6, 6.07) is 10.6. The summed E-state index contributed by atoms with van der Waals surface area (Å²) in [5, 5.41) is 0. The Morgan fingerprint density at radius 3 is 2.32 bits per heavy atom. The standard InChI is InChI=1S/C16H19FN2/c1-10-7-12(3)15(8-11(10)2)16(19-18)13-5-4-6-14(17)9-13/h4-9,16,19H,18H2,1-3H3. The minimum Gasteiger partial charge on any atom is -0.271 e. The minimum absolute atomic E-state index is 0.199. The quantitative estimate of drug-likeness (QED) is 0.655. The predicted octanol–water partition coefficient (Wildman–Crippen LogP) is 3.30. The maximum atomic E-state index is 13.4. The van der Waals surface area contributed by atoms with Crippen LogP contribution in [0, 0.1) is 26.6 Å². The van der Waals surface area contributed by atoms with Crippen LogP contribution in [0.3, 0.4) is 0 Å². The van der Waals surface area contributed by atoms with Crippen molar-refractivity contribution < 1.29 is 4.39 Å². The molecule has 3 heteroatoms. The van der Waals surface area contributed by atoms with Crippen molar-refractivity contribution in [3.63, 3.8) is 0 Å². The number of hydrogen-bond acceptors (Lipinski definition) is 2. The summed E-state index contributed by atoms with van der Waals surface area (Å²) in [6.07, 6.45) is 0. The number of rotatable bonds is 3. The van der Waals surface area contributed by atoms with Crippen LogP contribution < -0.4 is 11.3 Å². The van der Waals surface area contributed by atoms with Crippen LogP contribution in [0.2, 0.25) is 0 Å². The van der Waals surface area contributed by atoms with E-state index in [1.807, 2.05) is 13.0 Å². The first-order chi connectivity index (χ1) is 9.02. The van der Waals surface area contributed by atoms with E-state index < -0.39 is 0 Å². The van der Waals surface area contributed by atoms with Crippen LogP contribution in [-0.2, 0) is 0 Å². The van der Waals surface area contributed by atoms with E-state index in [-0.39, 0.29) is 11.9 Å². The van der Waals surface area contributed by atoms with Crippen LogP contribution in [0.5, 0.6) is 0 Å². The number of hydrazine groups is 1. The molecule has 0 saturated heterocycles. The number of aryl methyl sites for hydroxylation is 3. The van der Waals surface area contributed by atoms with Gasteiger partial charge < -0.3 is 0 Å². The van der Waals surface area contributed by atoms with Crippen LogP contribution in [0.25, 0.3) is 0 Å². The molecule has 1 unspecified atom stereocenters. The van der Waals surface area contributed by atoms with Crippen molar-refractivity contribution in [2.45, 2.75) is 26.8 Å². The molecule has 0 spiro atoms. The van der Waals surface area contributed by atoms with Crippen molar-refractivity contribution in [2.24, 2.45) is 5.84 Å². The van der Waals surface area contributed by atoms with E-state index in [1.165, 1.54) is 23.3 Å². The van der Waals surface area contributed by atoms with Gasteiger partial charge in [-0.2, -0.15) is 0 Å². The molecule has 0 heterocycles. The molecule has 0 aliphatic carbocycles. The molecule has 0 saturated carbocycles. The molecule has 2 rings (SSSR count). The number of benzene rings is 2. The molecule has 0 amide bonds. The molecule has 0 aliphatic heterocycles. The number of halogens is 1.